The average molecular weight is 307 g/mol. The molecule has 0 radical (unpaired) electrons. The molecule has 2 aromatic rings. The number of carbonyl (C=O) groups is 1. The molecule has 1 amide bonds. The van der Waals surface area contributed by atoms with E-state index in [4.69, 9.17) is 16.0 Å². The lowest BCUT2D eigenvalue weighted by Crippen LogP contribution is -2.40. The van der Waals surface area contributed by atoms with Crippen LogP contribution in [-0.4, -0.2) is 37.0 Å². The maximum Gasteiger partial charge on any atom is 0.290 e. The van der Waals surface area contributed by atoms with Crippen molar-refractivity contribution < 1.29 is 9.21 Å². The predicted octanol–water partition coefficient (Wildman–Crippen LogP) is 3.22. The number of likely N-dealkylation sites (tertiary alicyclic amines) is 1. The van der Waals surface area contributed by atoms with Crippen LogP contribution in [0, 0.1) is 6.92 Å². The zero-order valence-electron chi connectivity index (χ0n) is 12.3. The number of aryl methyl sites for hydroxylation is 1. The number of rotatable bonds is 3. The fourth-order valence-electron chi connectivity index (χ4n) is 3.09. The minimum Gasteiger partial charge on any atom is -0.449 e. The minimum absolute atomic E-state index is 0.0301. The van der Waals surface area contributed by atoms with Gasteiger partial charge >= 0.3 is 0 Å². The summed E-state index contributed by atoms with van der Waals surface area (Å²) in [6.45, 7) is 3.51. The van der Waals surface area contributed by atoms with Crippen LogP contribution >= 0.6 is 11.6 Å². The first-order valence-electron chi connectivity index (χ1n) is 7.26. The molecule has 0 aliphatic carbocycles. The summed E-state index contributed by atoms with van der Waals surface area (Å²) in [7, 11) is 1.91. The van der Waals surface area contributed by atoms with Crippen molar-refractivity contribution >= 4 is 28.5 Å². The van der Waals surface area contributed by atoms with Crippen molar-refractivity contribution in [1.82, 2.24) is 10.2 Å². The highest BCUT2D eigenvalue weighted by Crippen LogP contribution is 2.32. The molecule has 1 saturated heterocycles. The summed E-state index contributed by atoms with van der Waals surface area (Å²) >= 11 is 6.16. The van der Waals surface area contributed by atoms with Crippen molar-refractivity contribution in [3.05, 3.63) is 34.5 Å². The van der Waals surface area contributed by atoms with Gasteiger partial charge in [0.2, 0.25) is 0 Å². The molecule has 1 aliphatic rings. The van der Waals surface area contributed by atoms with E-state index in [-0.39, 0.29) is 11.9 Å². The summed E-state index contributed by atoms with van der Waals surface area (Å²) in [5.41, 5.74) is 1.47. The molecule has 1 aromatic heterocycles. The Bertz CT molecular complexity index is 680. The maximum atomic E-state index is 12.8. The van der Waals surface area contributed by atoms with Gasteiger partial charge in [-0.2, -0.15) is 0 Å². The normalized spacial score (nSPS) is 18.6. The van der Waals surface area contributed by atoms with Gasteiger partial charge in [0, 0.05) is 30.1 Å². The molecular formula is C16H19ClN2O2. The van der Waals surface area contributed by atoms with Crippen molar-refractivity contribution in [2.45, 2.75) is 25.8 Å². The largest absolute Gasteiger partial charge is 0.449 e. The van der Waals surface area contributed by atoms with Gasteiger partial charge in [-0.1, -0.05) is 23.7 Å². The molecule has 1 fully saturated rings. The Hall–Kier alpha value is -1.52. The molecule has 1 unspecified atom stereocenters. The molecule has 112 valence electrons. The Morgan fingerprint density at radius 2 is 2.33 bits per heavy atom. The lowest BCUT2D eigenvalue weighted by Gasteiger charge is -2.23. The quantitative estimate of drug-likeness (QED) is 0.947. The molecule has 0 saturated carbocycles. The second-order valence-electron chi connectivity index (χ2n) is 5.52. The van der Waals surface area contributed by atoms with Gasteiger partial charge in [0.25, 0.3) is 5.91 Å². The first kappa shape index (κ1) is 14.4. The highest BCUT2D eigenvalue weighted by molar-refractivity contribution is 6.35. The van der Waals surface area contributed by atoms with Crippen molar-refractivity contribution in [2.24, 2.45) is 0 Å². The van der Waals surface area contributed by atoms with Gasteiger partial charge in [0.1, 0.15) is 0 Å². The lowest BCUT2D eigenvalue weighted by molar-refractivity contribution is 0.0706. The van der Waals surface area contributed by atoms with Gasteiger partial charge in [0.15, 0.2) is 11.3 Å². The SMILES string of the molecule is CNCC1CCCN1C(=O)c1oc2c(Cl)cccc2c1C. The van der Waals surface area contributed by atoms with Crippen molar-refractivity contribution in [3.8, 4) is 0 Å². The predicted molar refractivity (Wildman–Crippen MR) is 83.9 cm³/mol. The molecule has 21 heavy (non-hydrogen) atoms. The molecule has 1 atom stereocenters. The third-order valence-electron chi connectivity index (χ3n) is 4.19. The van der Waals surface area contributed by atoms with Gasteiger partial charge < -0.3 is 14.6 Å². The van der Waals surface area contributed by atoms with Gasteiger partial charge in [-0.25, -0.2) is 0 Å². The molecule has 1 aromatic carbocycles. The van der Waals surface area contributed by atoms with E-state index in [0.717, 1.165) is 36.9 Å². The zero-order chi connectivity index (χ0) is 15.0. The second-order valence-corrected chi connectivity index (χ2v) is 5.93. The highest BCUT2D eigenvalue weighted by atomic mass is 35.5. The molecule has 3 rings (SSSR count). The van der Waals surface area contributed by atoms with E-state index in [0.29, 0.717) is 16.4 Å². The average Bonchev–Trinajstić information content (AvgIpc) is 3.05. The Kier molecular flexibility index (Phi) is 3.91. The number of fused-ring (bicyclic) bond motifs is 1. The number of nitrogens with zero attached hydrogens (tertiary/aromatic N) is 1. The van der Waals surface area contributed by atoms with E-state index in [1.165, 1.54) is 0 Å². The molecule has 1 aliphatic heterocycles. The molecule has 5 heteroatoms. The topological polar surface area (TPSA) is 45.5 Å². The van der Waals surface area contributed by atoms with E-state index >= 15 is 0 Å². The number of furan rings is 1. The third kappa shape index (κ3) is 2.43. The Labute approximate surface area is 129 Å². The van der Waals surface area contributed by atoms with Crippen LogP contribution in [0.25, 0.3) is 11.0 Å². The zero-order valence-corrected chi connectivity index (χ0v) is 13.0. The van der Waals surface area contributed by atoms with Gasteiger partial charge in [0.05, 0.1) is 5.02 Å². The molecule has 4 nitrogen and oxygen atoms in total. The standard InChI is InChI=1S/C16H19ClN2O2/c1-10-12-6-3-7-13(17)15(12)21-14(10)16(20)19-8-4-5-11(19)9-18-2/h3,6-7,11,18H,4-5,8-9H2,1-2H3. The lowest BCUT2D eigenvalue weighted by atomic mass is 10.1. The summed E-state index contributed by atoms with van der Waals surface area (Å²) < 4.78 is 5.79. The number of carbonyl (C=O) groups excluding carboxylic acids is 1. The van der Waals surface area contributed by atoms with E-state index in [1.807, 2.05) is 31.0 Å². The summed E-state index contributed by atoms with van der Waals surface area (Å²) in [6, 6.07) is 5.83. The van der Waals surface area contributed by atoms with Crippen LogP contribution in [0.4, 0.5) is 0 Å². The summed E-state index contributed by atoms with van der Waals surface area (Å²) in [4.78, 5) is 14.7. The van der Waals surface area contributed by atoms with Gasteiger partial charge in [-0.05, 0) is 32.9 Å². The first-order valence-corrected chi connectivity index (χ1v) is 7.64. The number of para-hydroxylation sites is 1. The van der Waals surface area contributed by atoms with Crippen molar-refractivity contribution in [1.29, 1.82) is 0 Å². The monoisotopic (exact) mass is 306 g/mol. The number of benzene rings is 1. The Morgan fingerprint density at radius 3 is 3.05 bits per heavy atom. The van der Waals surface area contributed by atoms with E-state index in [1.54, 1.807) is 6.07 Å². The smallest absolute Gasteiger partial charge is 0.290 e. The van der Waals surface area contributed by atoms with Gasteiger partial charge in [-0.3, -0.25) is 4.79 Å². The number of nitrogens with one attached hydrogen (secondary N) is 1. The molecule has 0 spiro atoms. The minimum atomic E-state index is -0.0301. The number of hydrogen-bond donors (Lipinski definition) is 1. The van der Waals surface area contributed by atoms with E-state index < -0.39 is 0 Å². The number of likely N-dealkylation sites (N-methyl/N-ethyl adjacent to an activating group) is 1. The van der Waals surface area contributed by atoms with Crippen molar-refractivity contribution in [3.63, 3.8) is 0 Å². The fraction of sp³-hybridized carbons (Fsp3) is 0.438. The summed E-state index contributed by atoms with van der Waals surface area (Å²) in [5, 5.41) is 4.61. The molecule has 2 heterocycles. The molecule has 1 N–H and O–H groups in total. The highest BCUT2D eigenvalue weighted by Gasteiger charge is 2.32. The van der Waals surface area contributed by atoms with Crippen LogP contribution in [0.5, 0.6) is 0 Å². The van der Waals surface area contributed by atoms with E-state index in [2.05, 4.69) is 5.32 Å². The van der Waals surface area contributed by atoms with Gasteiger partial charge in [-0.15, -0.1) is 0 Å². The Morgan fingerprint density at radius 1 is 1.52 bits per heavy atom. The fourth-order valence-corrected chi connectivity index (χ4v) is 3.31. The number of halogens is 1. The van der Waals surface area contributed by atoms with Crippen LogP contribution in [0.2, 0.25) is 5.02 Å². The van der Waals surface area contributed by atoms with Crippen LogP contribution in [0.1, 0.15) is 29.0 Å². The van der Waals surface area contributed by atoms with Crippen LogP contribution in [-0.2, 0) is 0 Å². The van der Waals surface area contributed by atoms with E-state index in [9.17, 15) is 4.79 Å². The second kappa shape index (κ2) is 5.70. The van der Waals surface area contributed by atoms with Crippen LogP contribution in [0.3, 0.4) is 0 Å². The van der Waals surface area contributed by atoms with Crippen LogP contribution < -0.4 is 5.32 Å². The summed E-state index contributed by atoms with van der Waals surface area (Å²) in [5.74, 6) is 0.388. The summed E-state index contributed by atoms with van der Waals surface area (Å²) in [6.07, 6.45) is 2.07. The third-order valence-corrected chi connectivity index (χ3v) is 4.49. The molecule has 0 bridgehead atoms. The number of amides is 1. The Balaban J connectivity index is 1.98. The number of hydrogen-bond acceptors (Lipinski definition) is 3. The maximum absolute atomic E-state index is 12.8. The molecular weight excluding hydrogens is 288 g/mol. The van der Waals surface area contributed by atoms with Crippen molar-refractivity contribution in [2.75, 3.05) is 20.1 Å². The first-order chi connectivity index (χ1) is 10.1. The van der Waals surface area contributed by atoms with Crippen LogP contribution in [0.15, 0.2) is 22.6 Å².